The molecule has 1 heterocycles. The summed E-state index contributed by atoms with van der Waals surface area (Å²) >= 11 is 5.97. The fourth-order valence-electron chi connectivity index (χ4n) is 1.54. The number of halogens is 1. The molecule has 0 saturated heterocycles. The van der Waals surface area contributed by atoms with Crippen molar-refractivity contribution in [2.45, 2.75) is 13.8 Å². The van der Waals surface area contributed by atoms with Crippen LogP contribution in [0.3, 0.4) is 0 Å². The lowest BCUT2D eigenvalue weighted by atomic mass is 9.95. The average Bonchev–Trinajstić information content (AvgIpc) is 2.46. The van der Waals surface area contributed by atoms with Crippen LogP contribution in [-0.2, 0) is 0 Å². The van der Waals surface area contributed by atoms with Gasteiger partial charge in [-0.05, 0) is 12.1 Å². The lowest BCUT2D eigenvalue weighted by Crippen LogP contribution is -2.27. The smallest absolute Gasteiger partial charge is 0.243 e. The first-order valence-electron chi connectivity index (χ1n) is 6.30. The van der Waals surface area contributed by atoms with Crippen LogP contribution in [0.25, 0.3) is 11.3 Å². The van der Waals surface area contributed by atoms with Crippen LogP contribution in [0.4, 0.5) is 5.95 Å². The molecule has 0 amide bonds. The van der Waals surface area contributed by atoms with E-state index in [0.29, 0.717) is 23.2 Å². The van der Waals surface area contributed by atoms with E-state index in [0.717, 1.165) is 5.56 Å². The molecule has 2 N–H and O–H groups in total. The number of hydrogen-bond acceptors (Lipinski definition) is 5. The second-order valence-corrected chi connectivity index (χ2v) is 5.79. The molecular weight excluding hydrogens is 276 g/mol. The van der Waals surface area contributed by atoms with Crippen molar-refractivity contribution in [3.8, 4) is 11.3 Å². The number of nitrogens with zero attached hydrogens (tertiary/aromatic N) is 3. The molecule has 2 rings (SSSR count). The van der Waals surface area contributed by atoms with Gasteiger partial charge in [-0.3, -0.25) is 0 Å². The molecule has 0 radical (unpaired) electrons. The lowest BCUT2D eigenvalue weighted by molar-refractivity contribution is 0.170. The molecule has 0 saturated carbocycles. The Morgan fingerprint density at radius 2 is 2.15 bits per heavy atom. The van der Waals surface area contributed by atoms with Crippen LogP contribution in [0.15, 0.2) is 30.5 Å². The molecule has 0 aliphatic carbocycles. The van der Waals surface area contributed by atoms with Gasteiger partial charge in [0.2, 0.25) is 5.95 Å². The Bertz CT molecular complexity index is 589. The summed E-state index contributed by atoms with van der Waals surface area (Å²) in [6, 6.07) is 7.41. The van der Waals surface area contributed by atoms with Crippen molar-refractivity contribution in [1.82, 2.24) is 15.2 Å². The van der Waals surface area contributed by atoms with E-state index < -0.39 is 0 Å². The van der Waals surface area contributed by atoms with E-state index >= 15 is 0 Å². The molecule has 0 bridgehead atoms. The number of aromatic nitrogens is 3. The first kappa shape index (κ1) is 14.7. The zero-order chi connectivity index (χ0) is 14.6. The van der Waals surface area contributed by atoms with Crippen molar-refractivity contribution in [2.75, 3.05) is 18.5 Å². The molecule has 20 heavy (non-hydrogen) atoms. The largest absolute Gasteiger partial charge is 0.396 e. The normalized spacial score (nSPS) is 11.4. The van der Waals surface area contributed by atoms with E-state index in [1.807, 2.05) is 38.1 Å². The Labute approximate surface area is 123 Å². The van der Waals surface area contributed by atoms with Gasteiger partial charge in [0.05, 0.1) is 11.9 Å². The minimum Gasteiger partial charge on any atom is -0.396 e. The van der Waals surface area contributed by atoms with Gasteiger partial charge in [0, 0.05) is 29.2 Å². The minimum atomic E-state index is -0.241. The van der Waals surface area contributed by atoms with Gasteiger partial charge < -0.3 is 10.4 Å². The van der Waals surface area contributed by atoms with Crippen molar-refractivity contribution < 1.29 is 5.11 Å². The van der Waals surface area contributed by atoms with Gasteiger partial charge in [0.15, 0.2) is 0 Å². The van der Waals surface area contributed by atoms with Gasteiger partial charge in [0.1, 0.15) is 0 Å². The summed E-state index contributed by atoms with van der Waals surface area (Å²) < 4.78 is 0. The van der Waals surface area contributed by atoms with Crippen LogP contribution in [-0.4, -0.2) is 33.4 Å². The Morgan fingerprint density at radius 1 is 1.35 bits per heavy atom. The predicted molar refractivity (Wildman–Crippen MR) is 79.6 cm³/mol. The van der Waals surface area contributed by atoms with Gasteiger partial charge in [-0.15, -0.1) is 5.10 Å². The quantitative estimate of drug-likeness (QED) is 0.886. The Hall–Kier alpha value is -1.72. The first-order chi connectivity index (χ1) is 9.50. The van der Waals surface area contributed by atoms with E-state index in [4.69, 9.17) is 11.6 Å². The number of anilines is 1. The standard InChI is InChI=1S/C14H17ClN4O/c1-14(2,9-20)8-16-13-18-12(7-17-19-13)10-4-3-5-11(15)6-10/h3-7,20H,8-9H2,1-2H3,(H,16,18,19). The van der Waals surface area contributed by atoms with Crippen LogP contribution in [0.2, 0.25) is 5.02 Å². The van der Waals surface area contributed by atoms with Crippen molar-refractivity contribution in [2.24, 2.45) is 5.41 Å². The van der Waals surface area contributed by atoms with Crippen LogP contribution in [0, 0.1) is 5.41 Å². The van der Waals surface area contributed by atoms with Gasteiger partial charge in [-0.25, -0.2) is 4.98 Å². The highest BCUT2D eigenvalue weighted by Crippen LogP contribution is 2.21. The zero-order valence-corrected chi connectivity index (χ0v) is 12.2. The van der Waals surface area contributed by atoms with E-state index in [2.05, 4.69) is 20.5 Å². The molecule has 6 heteroatoms. The summed E-state index contributed by atoms with van der Waals surface area (Å²) in [5.74, 6) is 0.434. The van der Waals surface area contributed by atoms with Gasteiger partial charge in [0.25, 0.3) is 0 Å². The molecule has 106 valence electrons. The van der Waals surface area contributed by atoms with Crippen LogP contribution in [0.1, 0.15) is 13.8 Å². The highest BCUT2D eigenvalue weighted by Gasteiger charge is 2.16. The molecule has 1 aromatic carbocycles. The summed E-state index contributed by atoms with van der Waals surface area (Å²) in [5.41, 5.74) is 1.35. The zero-order valence-electron chi connectivity index (χ0n) is 11.5. The molecule has 0 unspecified atom stereocenters. The number of benzene rings is 1. The fourth-order valence-corrected chi connectivity index (χ4v) is 1.73. The third-order valence-corrected chi connectivity index (χ3v) is 3.07. The highest BCUT2D eigenvalue weighted by molar-refractivity contribution is 6.30. The molecule has 0 atom stereocenters. The van der Waals surface area contributed by atoms with Crippen molar-refractivity contribution in [1.29, 1.82) is 0 Å². The Balaban J connectivity index is 2.16. The summed E-state index contributed by atoms with van der Waals surface area (Å²) in [5, 5.41) is 20.8. The summed E-state index contributed by atoms with van der Waals surface area (Å²) in [7, 11) is 0. The number of rotatable bonds is 5. The highest BCUT2D eigenvalue weighted by atomic mass is 35.5. The lowest BCUT2D eigenvalue weighted by Gasteiger charge is -2.21. The monoisotopic (exact) mass is 292 g/mol. The molecule has 5 nitrogen and oxygen atoms in total. The summed E-state index contributed by atoms with van der Waals surface area (Å²) in [6.07, 6.45) is 1.59. The minimum absolute atomic E-state index is 0.0847. The summed E-state index contributed by atoms with van der Waals surface area (Å²) in [4.78, 5) is 4.40. The summed E-state index contributed by atoms with van der Waals surface area (Å²) in [6.45, 7) is 4.55. The molecule has 1 aromatic heterocycles. The number of nitrogens with one attached hydrogen (secondary N) is 1. The molecular formula is C14H17ClN4O. The second kappa shape index (κ2) is 6.15. The molecule has 0 aliphatic heterocycles. The fraction of sp³-hybridized carbons (Fsp3) is 0.357. The Morgan fingerprint density at radius 3 is 2.85 bits per heavy atom. The van der Waals surface area contributed by atoms with Crippen molar-refractivity contribution >= 4 is 17.5 Å². The second-order valence-electron chi connectivity index (χ2n) is 5.35. The van der Waals surface area contributed by atoms with Crippen LogP contribution >= 0.6 is 11.6 Å². The van der Waals surface area contributed by atoms with Gasteiger partial charge >= 0.3 is 0 Å². The molecule has 0 spiro atoms. The maximum absolute atomic E-state index is 9.22. The van der Waals surface area contributed by atoms with Crippen LogP contribution in [0.5, 0.6) is 0 Å². The maximum Gasteiger partial charge on any atom is 0.243 e. The number of aliphatic hydroxyl groups is 1. The Kier molecular flexibility index (Phi) is 4.52. The third kappa shape index (κ3) is 3.88. The molecule has 2 aromatic rings. The predicted octanol–water partition coefficient (Wildman–Crippen LogP) is 2.62. The van der Waals surface area contributed by atoms with Gasteiger partial charge in [-0.2, -0.15) is 5.10 Å². The topological polar surface area (TPSA) is 70.9 Å². The van der Waals surface area contributed by atoms with Crippen LogP contribution < -0.4 is 5.32 Å². The van der Waals surface area contributed by atoms with E-state index in [1.54, 1.807) is 6.20 Å². The maximum atomic E-state index is 9.22. The SMILES string of the molecule is CC(C)(CO)CNc1nncc(-c2cccc(Cl)c2)n1. The van der Waals surface area contributed by atoms with Crippen molar-refractivity contribution in [3.63, 3.8) is 0 Å². The number of aliphatic hydroxyl groups excluding tert-OH is 1. The van der Waals surface area contributed by atoms with E-state index in [-0.39, 0.29) is 12.0 Å². The number of hydrogen-bond donors (Lipinski definition) is 2. The molecule has 0 aliphatic rings. The van der Waals surface area contributed by atoms with E-state index in [9.17, 15) is 5.11 Å². The van der Waals surface area contributed by atoms with E-state index in [1.165, 1.54) is 0 Å². The first-order valence-corrected chi connectivity index (χ1v) is 6.68. The van der Waals surface area contributed by atoms with Crippen molar-refractivity contribution in [3.05, 3.63) is 35.5 Å². The average molecular weight is 293 g/mol. The molecule has 0 fully saturated rings. The third-order valence-electron chi connectivity index (χ3n) is 2.83. The van der Waals surface area contributed by atoms with Gasteiger partial charge in [-0.1, -0.05) is 37.6 Å².